The number of nitrogens with one attached hydrogen (secondary N) is 1. The molecule has 0 aliphatic carbocycles. The van der Waals surface area contributed by atoms with Crippen molar-refractivity contribution in [3.8, 4) is 0 Å². The minimum Gasteiger partial charge on any atom is -0.387 e. The van der Waals surface area contributed by atoms with Crippen LogP contribution < -0.4 is 5.32 Å². The second kappa shape index (κ2) is 57.5. The summed E-state index contributed by atoms with van der Waals surface area (Å²) in [5.74, 6) is -0.348. The topological polar surface area (TPSA) is 283 Å². The summed E-state index contributed by atoms with van der Waals surface area (Å²) in [5.41, 5.74) is 0. The molecule has 93 heavy (non-hydrogen) atoms. The van der Waals surface area contributed by atoms with Gasteiger partial charge in [0.1, 0.15) is 54.6 Å². The molecule has 1 amide bonds. The molecule has 0 unspecified atom stereocenters. The maximum absolute atomic E-state index is 14.2. The van der Waals surface area contributed by atoms with Crippen molar-refractivity contribution >= 4 is 27.3 Å². The molecule has 0 spiro atoms. The number of aliphatic hydroxyl groups is 1. The smallest absolute Gasteiger partial charge is 0.387 e. The van der Waals surface area contributed by atoms with Crippen LogP contribution in [0.4, 0.5) is 0 Å². The summed E-state index contributed by atoms with van der Waals surface area (Å²) < 4.78 is 91.5. The number of amides is 1. The first kappa shape index (κ1) is 87.8. The average molecular weight is 1370 g/mol. The van der Waals surface area contributed by atoms with Gasteiger partial charge in [-0.3, -0.25) is 18.6 Å². The Balaban J connectivity index is 2.47. The van der Waals surface area contributed by atoms with Gasteiger partial charge in [0.25, 0.3) is 0 Å². The normalized spacial score (nSPS) is 22.5. The number of ketones is 1. The van der Waals surface area contributed by atoms with Crippen LogP contribution in [0.1, 0.15) is 297 Å². The van der Waals surface area contributed by atoms with Gasteiger partial charge >= 0.3 is 15.6 Å². The molecule has 6 N–H and O–H groups in total. The lowest BCUT2D eigenvalue weighted by atomic mass is 9.95. The van der Waals surface area contributed by atoms with Gasteiger partial charge in [0.15, 0.2) is 12.6 Å². The molecule has 21 nitrogen and oxygen atoms in total. The molecule has 23 heteroatoms. The van der Waals surface area contributed by atoms with E-state index in [-0.39, 0.29) is 63.7 Å². The molecule has 2 aliphatic heterocycles. The van der Waals surface area contributed by atoms with Crippen molar-refractivity contribution in [3.63, 3.8) is 0 Å². The van der Waals surface area contributed by atoms with E-state index in [2.05, 4.69) is 45.2 Å². The Labute approximate surface area is 562 Å². The lowest BCUT2D eigenvalue weighted by Gasteiger charge is -2.47. The van der Waals surface area contributed by atoms with Crippen LogP contribution in [0.2, 0.25) is 0 Å². The van der Waals surface area contributed by atoms with Gasteiger partial charge in [-0.1, -0.05) is 232 Å². The predicted molar refractivity (Wildman–Crippen MR) is 365 cm³/mol. The van der Waals surface area contributed by atoms with Gasteiger partial charge in [-0.05, 0) is 57.8 Å². The summed E-state index contributed by atoms with van der Waals surface area (Å²) in [7, 11) is -7.09. The Morgan fingerprint density at radius 1 is 0.452 bits per heavy atom. The highest BCUT2D eigenvalue weighted by atomic mass is 31.2. The van der Waals surface area contributed by atoms with Crippen molar-refractivity contribution in [2.45, 2.75) is 365 Å². The number of carbonyl (C=O) groups excluding carboxylic acids is 2. The van der Waals surface area contributed by atoms with E-state index in [1.54, 1.807) is 7.11 Å². The summed E-state index contributed by atoms with van der Waals surface area (Å²) in [6, 6.07) is -1.24. The summed E-state index contributed by atoms with van der Waals surface area (Å²) in [6.45, 7) is 7.47. The number of hydrogen-bond acceptors (Lipinski definition) is 16. The van der Waals surface area contributed by atoms with Crippen LogP contribution in [-0.2, 0) is 70.4 Å². The number of ether oxygens (including phenoxy) is 9. The highest BCUT2D eigenvalue weighted by Gasteiger charge is 2.53. The number of aliphatic hydroxyl groups excluding tert-OH is 1. The molecule has 2 rings (SSSR count). The molecule has 2 saturated heterocycles. The predicted octanol–water partition coefficient (Wildman–Crippen LogP) is 15.3. The number of unbranched alkanes of at least 4 members (excludes halogenated alkanes) is 32. The Bertz CT molecular complexity index is 1900. The summed E-state index contributed by atoms with van der Waals surface area (Å²) in [4.78, 5) is 67.3. The van der Waals surface area contributed by atoms with Crippen LogP contribution in [0.25, 0.3) is 0 Å². The average Bonchev–Trinajstić information content (AvgIpc) is 0.823. The summed E-state index contributed by atoms with van der Waals surface area (Å²) >= 11 is 0. The third-order valence-corrected chi connectivity index (χ3v) is 18.7. The third-order valence-electron chi connectivity index (χ3n) is 17.7. The van der Waals surface area contributed by atoms with Gasteiger partial charge in [0.05, 0.1) is 39.1 Å². The Kier molecular flexibility index (Phi) is 54.2. The molecule has 0 radical (unpaired) electrons. The fraction of sp³-hybridized carbons (Fsp3) is 0.943. The van der Waals surface area contributed by atoms with Gasteiger partial charge in [-0.15, -0.1) is 0 Å². The Morgan fingerprint density at radius 3 is 1.47 bits per heavy atom. The van der Waals surface area contributed by atoms with Crippen molar-refractivity contribution in [3.05, 3.63) is 12.2 Å². The Morgan fingerprint density at radius 2 is 0.935 bits per heavy atom. The largest absolute Gasteiger partial charge is 0.470 e. The van der Waals surface area contributed by atoms with E-state index < -0.39 is 90.2 Å². The van der Waals surface area contributed by atoms with Crippen LogP contribution in [-0.4, -0.2) is 164 Å². The number of phosphoric acid groups is 2. The highest BCUT2D eigenvalue weighted by Crippen LogP contribution is 2.43. The minimum absolute atomic E-state index is 0.0257. The zero-order valence-corrected chi connectivity index (χ0v) is 60.7. The van der Waals surface area contributed by atoms with Gasteiger partial charge < -0.3 is 72.6 Å². The number of methoxy groups -OCH3 is 2. The quantitative estimate of drug-likeness (QED) is 0.0187. The number of rotatable bonds is 65. The highest BCUT2D eigenvalue weighted by molar-refractivity contribution is 7.46. The molecule has 2 heterocycles. The molecule has 0 bridgehead atoms. The van der Waals surface area contributed by atoms with Crippen molar-refractivity contribution < 1.29 is 95.1 Å². The van der Waals surface area contributed by atoms with E-state index >= 15 is 0 Å². The SMILES string of the molecule is CCCCCC/C=C\CCCCCCCCCC(=O)N[C@H]1[C@H](OC[C@H]2O[C@H](OCCOP(=O)(O)O)[C@H](OCCC(=O)CCCCCCCCCCC)[C@@H](OCCCCCCCCCCCC)[C@@H]2O)O[C@H](COC)[C@@H](OP(=O)(O)O)[C@@H]1OCC[C@@H](CCCCCCC)OC. The van der Waals surface area contributed by atoms with Gasteiger partial charge in [-0.25, -0.2) is 9.13 Å². The van der Waals surface area contributed by atoms with Crippen molar-refractivity contribution in [1.29, 1.82) is 0 Å². The van der Waals surface area contributed by atoms with E-state index in [0.717, 1.165) is 141 Å². The first-order chi connectivity index (χ1) is 45.0. The van der Waals surface area contributed by atoms with Gasteiger partial charge in [0, 0.05) is 46.7 Å². The van der Waals surface area contributed by atoms with Crippen LogP contribution in [0.5, 0.6) is 0 Å². The van der Waals surface area contributed by atoms with Crippen LogP contribution in [0.15, 0.2) is 12.2 Å². The van der Waals surface area contributed by atoms with E-state index in [1.807, 2.05) is 0 Å². The fourth-order valence-electron chi connectivity index (χ4n) is 12.2. The molecule has 11 atom stereocenters. The van der Waals surface area contributed by atoms with Crippen LogP contribution in [0.3, 0.4) is 0 Å². The second-order valence-corrected chi connectivity index (χ2v) is 28.4. The fourth-order valence-corrected chi connectivity index (χ4v) is 13.1. The monoisotopic (exact) mass is 1370 g/mol. The molecule has 2 fully saturated rings. The van der Waals surface area contributed by atoms with E-state index in [1.165, 1.54) is 97.0 Å². The van der Waals surface area contributed by atoms with E-state index in [0.29, 0.717) is 25.7 Å². The number of Topliss-reactive ketones (excluding diaryl/α,β-unsaturated/α-hetero) is 1. The summed E-state index contributed by atoms with van der Waals surface area (Å²) in [5, 5.41) is 15.5. The number of hydrogen-bond donors (Lipinski definition) is 6. The standard InChI is InChI=1S/C70H135NO20P2/c1-7-11-15-19-22-25-27-28-29-30-31-33-36-40-44-48-62(73)71-63-66(84-53-50-59(82-6)47-43-38-18-14-10-4)65(91-93(78,79)80)61(56-81-5)90-69(63)87-57-60-64(74)67(83-51-45-41-37-34-26-23-20-16-12-8-2)68(70(89-60)86-54-55-88-92(75,76)77)85-52-49-58(72)46-42-39-35-32-24-21-17-13-9-3/h25,27,59-61,63-70,74H,7-24,26,28-57H2,1-6H3,(H,71,73)(H2,75,76,77)(H2,78,79,80)/b27-25-/t59-,60-,61-,63-,64-,65-,66-,67+,68-,69-,70+/m1/s1. The van der Waals surface area contributed by atoms with Gasteiger partial charge in [-0.2, -0.15) is 0 Å². The zero-order valence-electron chi connectivity index (χ0n) is 58.9. The minimum atomic E-state index is -5.24. The molecular weight excluding hydrogens is 1240 g/mol. The van der Waals surface area contributed by atoms with Crippen molar-refractivity contribution in [1.82, 2.24) is 5.32 Å². The molecule has 2 aliphatic rings. The molecule has 0 aromatic carbocycles. The van der Waals surface area contributed by atoms with Crippen molar-refractivity contribution in [2.24, 2.45) is 0 Å². The number of allylic oxidation sites excluding steroid dienone is 2. The van der Waals surface area contributed by atoms with Gasteiger partial charge in [0.2, 0.25) is 5.91 Å². The van der Waals surface area contributed by atoms with Crippen molar-refractivity contribution in [2.75, 3.05) is 60.5 Å². The van der Waals surface area contributed by atoms with E-state index in [9.17, 15) is 43.4 Å². The third kappa shape index (κ3) is 45.2. The molecule has 550 valence electrons. The Hall–Kier alpha value is -1.30. The summed E-state index contributed by atoms with van der Waals surface area (Å²) in [6.07, 6.45) is 35.0. The molecule has 0 aromatic rings. The number of phosphoric ester groups is 2. The van der Waals surface area contributed by atoms with Crippen LogP contribution >= 0.6 is 15.6 Å². The number of carbonyl (C=O) groups is 2. The first-order valence-electron chi connectivity index (χ1n) is 37.0. The maximum Gasteiger partial charge on any atom is 0.470 e. The molecule has 0 aromatic heterocycles. The van der Waals surface area contributed by atoms with Crippen LogP contribution in [0, 0.1) is 0 Å². The second-order valence-electron chi connectivity index (χ2n) is 26.0. The lowest BCUT2D eigenvalue weighted by Crippen LogP contribution is -2.67. The first-order valence-corrected chi connectivity index (χ1v) is 40.1. The maximum atomic E-state index is 14.2. The lowest BCUT2D eigenvalue weighted by molar-refractivity contribution is -0.331. The van der Waals surface area contributed by atoms with E-state index in [4.69, 9.17) is 51.7 Å². The zero-order chi connectivity index (χ0) is 68.1. The molecule has 0 saturated carbocycles. The molecular formula is C70H135NO20P2.